The van der Waals surface area contributed by atoms with E-state index in [1.54, 1.807) is 36.4 Å². The Hall–Kier alpha value is -4.85. The van der Waals surface area contributed by atoms with E-state index in [4.69, 9.17) is 42.6 Å². The summed E-state index contributed by atoms with van der Waals surface area (Å²) in [5, 5.41) is 0. The van der Waals surface area contributed by atoms with Crippen molar-refractivity contribution in [3.8, 4) is 34.9 Å². The number of carbonyl (C=O) groups excluding carboxylic acids is 6. The molecule has 0 saturated carbocycles. The first-order chi connectivity index (χ1) is 33.1. The van der Waals surface area contributed by atoms with Gasteiger partial charge in [0.1, 0.15) is 0 Å². The summed E-state index contributed by atoms with van der Waals surface area (Å²) in [4.78, 5) is 86.9. The van der Waals surface area contributed by atoms with Crippen LogP contribution in [-0.4, -0.2) is 120 Å². The molecule has 0 amide bonds. The minimum Gasteiger partial charge on any atom is -0.870 e. The molecule has 1 unspecified atom stereocenters. The zero-order chi connectivity index (χ0) is 50.9. The standard InChI is InChI=1S/3C16H19NO5S.K.H2O/c3*1-5-9(16(19)22-4)6-11(18)14-7-10-13(23-14)8-12(20-2)15(17-10)21-3;;/h3*7-9H,5-6H2,1-4H3;;1H2/q;;;+1;/p-1/t2*9-;;;/m10.../s1. The first-order valence-electron chi connectivity index (χ1n) is 21.5. The molecule has 0 spiro atoms. The number of esters is 3. The molecule has 0 aromatic carbocycles. The van der Waals surface area contributed by atoms with Gasteiger partial charge in [-0.25, -0.2) is 15.0 Å². The van der Waals surface area contributed by atoms with Gasteiger partial charge in [-0.2, -0.15) is 0 Å². The number of ketones is 3. The van der Waals surface area contributed by atoms with E-state index in [9.17, 15) is 28.8 Å². The third-order valence-corrected chi connectivity index (χ3v) is 14.1. The van der Waals surface area contributed by atoms with Crippen molar-refractivity contribution in [3.63, 3.8) is 0 Å². The summed E-state index contributed by atoms with van der Waals surface area (Å²) in [6.45, 7) is 5.57. The number of fused-ring (bicyclic) bond motifs is 3. The van der Waals surface area contributed by atoms with E-state index in [0.717, 1.165) is 14.1 Å². The Bertz CT molecular complexity index is 2360. The maximum absolute atomic E-state index is 12.4. The zero-order valence-corrected chi connectivity index (χ0v) is 47.6. The molecule has 19 nitrogen and oxygen atoms in total. The Morgan fingerprint density at radius 3 is 0.845 bits per heavy atom. The Balaban J connectivity index is 0.000000360. The summed E-state index contributed by atoms with van der Waals surface area (Å²) in [5.41, 5.74) is 2.01. The van der Waals surface area contributed by atoms with Crippen molar-refractivity contribution in [1.82, 2.24) is 15.0 Å². The molecule has 6 aromatic rings. The van der Waals surface area contributed by atoms with Gasteiger partial charge in [-0.3, -0.25) is 28.8 Å². The molecule has 3 atom stereocenters. The Kier molecular flexibility index (Phi) is 26.5. The number of thiophene rings is 3. The molecule has 1 N–H and O–H groups in total. The molecule has 0 aliphatic rings. The molecular weight excluding hydrogens is 1010 g/mol. The van der Waals surface area contributed by atoms with Gasteiger partial charge in [0.15, 0.2) is 34.6 Å². The van der Waals surface area contributed by atoms with Crippen LogP contribution in [0.2, 0.25) is 0 Å². The van der Waals surface area contributed by atoms with Crippen molar-refractivity contribution in [2.45, 2.75) is 59.3 Å². The van der Waals surface area contributed by atoms with Crippen molar-refractivity contribution in [2.75, 3.05) is 64.0 Å². The van der Waals surface area contributed by atoms with Crippen LogP contribution in [0.4, 0.5) is 0 Å². The summed E-state index contributed by atoms with van der Waals surface area (Å²) in [7, 11) is 13.1. The summed E-state index contributed by atoms with van der Waals surface area (Å²) in [5.74, 6) is 0.0444. The number of hydrogen-bond acceptors (Lipinski definition) is 22. The molecule has 0 aliphatic heterocycles. The van der Waals surface area contributed by atoms with Crippen molar-refractivity contribution in [3.05, 3.63) is 51.0 Å². The summed E-state index contributed by atoms with van der Waals surface area (Å²) in [6, 6.07) is 10.5. The number of pyridine rings is 3. The zero-order valence-electron chi connectivity index (χ0n) is 42.1. The number of nitrogens with zero attached hydrogens (tertiary/aromatic N) is 3. The van der Waals surface area contributed by atoms with Gasteiger partial charge in [0, 0.05) is 37.5 Å². The quantitative estimate of drug-likeness (QED) is 0.0342. The number of carbonyl (C=O) groups is 6. The van der Waals surface area contributed by atoms with Crippen LogP contribution in [0.1, 0.15) is 88.3 Å². The van der Waals surface area contributed by atoms with Gasteiger partial charge >= 0.3 is 69.3 Å². The van der Waals surface area contributed by atoms with Crippen LogP contribution >= 0.6 is 34.0 Å². The number of Topliss-reactive ketones (excluding diaryl/α,β-unsaturated/α-hetero) is 3. The van der Waals surface area contributed by atoms with Crippen molar-refractivity contribution >= 4 is 99.9 Å². The van der Waals surface area contributed by atoms with Gasteiger partial charge in [0.25, 0.3) is 17.6 Å². The second kappa shape index (κ2) is 30.2. The molecule has 71 heavy (non-hydrogen) atoms. The number of aromatic nitrogens is 3. The van der Waals surface area contributed by atoms with Crippen molar-refractivity contribution in [2.24, 2.45) is 17.8 Å². The smallest absolute Gasteiger partial charge is 0.870 e. The molecule has 0 bridgehead atoms. The molecule has 6 heterocycles. The van der Waals surface area contributed by atoms with Gasteiger partial charge in [-0.15, -0.1) is 34.0 Å². The van der Waals surface area contributed by atoms with Crippen LogP contribution in [0.25, 0.3) is 30.6 Å². The van der Waals surface area contributed by atoms with Crippen LogP contribution in [0.3, 0.4) is 0 Å². The molecular formula is C48H58KN3O16S3. The Morgan fingerprint density at radius 2 is 0.662 bits per heavy atom. The maximum atomic E-state index is 12.4. The second-order valence-electron chi connectivity index (χ2n) is 14.8. The van der Waals surface area contributed by atoms with Gasteiger partial charge < -0.3 is 48.1 Å². The predicted octanol–water partition coefficient (Wildman–Crippen LogP) is 6.08. The fourth-order valence-corrected chi connectivity index (χ4v) is 9.68. The van der Waals surface area contributed by atoms with E-state index in [1.165, 1.54) is 98.0 Å². The monoisotopic (exact) mass is 1070 g/mol. The third-order valence-electron chi connectivity index (χ3n) is 10.7. The first kappa shape index (κ1) is 62.3. The molecule has 0 radical (unpaired) electrons. The van der Waals surface area contributed by atoms with Gasteiger partial charge in [-0.05, 0) is 37.5 Å². The summed E-state index contributed by atoms with van der Waals surface area (Å²) < 4.78 is 47.8. The largest absolute Gasteiger partial charge is 1.00 e. The van der Waals surface area contributed by atoms with Gasteiger partial charge in [0.05, 0.1) is 127 Å². The minimum atomic E-state index is -0.422. The molecule has 6 aromatic heterocycles. The predicted molar refractivity (Wildman–Crippen MR) is 264 cm³/mol. The molecule has 6 rings (SSSR count). The third kappa shape index (κ3) is 16.1. The average molecular weight is 1070 g/mol. The van der Waals surface area contributed by atoms with Crippen LogP contribution in [0.15, 0.2) is 36.4 Å². The second-order valence-corrected chi connectivity index (χ2v) is 18.1. The van der Waals surface area contributed by atoms with E-state index >= 15 is 0 Å². The summed E-state index contributed by atoms with van der Waals surface area (Å²) >= 11 is 3.98. The molecule has 23 heteroatoms. The van der Waals surface area contributed by atoms with Crippen molar-refractivity contribution in [1.29, 1.82) is 0 Å². The van der Waals surface area contributed by atoms with E-state index in [2.05, 4.69) is 15.0 Å². The SMILES string of the molecule is CCC(CC(=O)c1cc2nc(OC)c(OC)cc2s1)C(=O)OC.CC[C@@H](CC(=O)c1cc2nc(OC)c(OC)cc2s1)C(=O)OC.CC[C@H](CC(=O)c1cc2nc(OC)c(OC)cc2s1)C(=O)OC.[K+].[OH-]. The van der Waals surface area contributed by atoms with E-state index < -0.39 is 17.8 Å². The van der Waals surface area contributed by atoms with Gasteiger partial charge in [0.2, 0.25) is 0 Å². The topological polar surface area (TPSA) is 254 Å². The van der Waals surface area contributed by atoms with E-state index in [-0.39, 0.29) is 111 Å². The summed E-state index contributed by atoms with van der Waals surface area (Å²) in [6.07, 6.45) is 2.06. The van der Waals surface area contributed by atoms with Crippen LogP contribution < -0.4 is 79.8 Å². The van der Waals surface area contributed by atoms with Gasteiger partial charge in [-0.1, -0.05) is 20.8 Å². The Labute approximate surface area is 465 Å². The van der Waals surface area contributed by atoms with Crippen LogP contribution in [-0.2, 0) is 28.6 Å². The number of hydrogen-bond donors (Lipinski definition) is 0. The number of rotatable bonds is 21. The average Bonchev–Trinajstić information content (AvgIpc) is 4.13. The normalized spacial score (nSPS) is 11.7. The van der Waals surface area contributed by atoms with E-state index in [1.807, 2.05) is 20.8 Å². The molecule has 0 aliphatic carbocycles. The maximum Gasteiger partial charge on any atom is 1.00 e. The fourth-order valence-electron chi connectivity index (χ4n) is 6.74. The molecule has 0 fully saturated rings. The molecule has 0 saturated heterocycles. The number of ether oxygens (including phenoxy) is 9. The van der Waals surface area contributed by atoms with E-state index in [0.29, 0.717) is 85.3 Å². The fraction of sp³-hybridized carbons (Fsp3) is 0.438. The Morgan fingerprint density at radius 1 is 0.423 bits per heavy atom. The first-order valence-corrected chi connectivity index (χ1v) is 24.0. The van der Waals surface area contributed by atoms with Crippen molar-refractivity contribution < 1.29 is 128 Å². The molecule has 380 valence electrons. The minimum absolute atomic E-state index is 0. The van der Waals surface area contributed by atoms with Crippen LogP contribution in [0, 0.1) is 17.8 Å². The van der Waals surface area contributed by atoms with Crippen LogP contribution in [0.5, 0.6) is 34.9 Å². The number of methoxy groups -OCH3 is 9.